The SMILES string of the molecule is N#CC1(NC(=O)[C@H](CS(=O)(=O)Cc2ncoc2-c2ccccc2)N[C@@H](c2ccc(F)cc2)C(F)(F)F)CC1. The molecule has 0 bridgehead atoms. The molecule has 200 valence electrons. The van der Waals surface area contributed by atoms with Crippen LogP contribution in [0.5, 0.6) is 0 Å². The summed E-state index contributed by atoms with van der Waals surface area (Å²) in [5.74, 6) is -3.42. The Kier molecular flexibility index (Phi) is 7.57. The third kappa shape index (κ3) is 6.56. The van der Waals surface area contributed by atoms with E-state index in [9.17, 15) is 36.0 Å². The number of amides is 1. The molecule has 38 heavy (non-hydrogen) atoms. The Morgan fingerprint density at radius 1 is 1.13 bits per heavy atom. The Bertz CT molecular complexity index is 1430. The van der Waals surface area contributed by atoms with Gasteiger partial charge in [0.05, 0.1) is 17.6 Å². The number of rotatable bonds is 10. The number of hydrogen-bond donors (Lipinski definition) is 2. The van der Waals surface area contributed by atoms with E-state index in [2.05, 4.69) is 15.6 Å². The molecule has 3 aromatic rings. The van der Waals surface area contributed by atoms with E-state index in [1.807, 2.05) is 6.07 Å². The Labute approximate surface area is 215 Å². The Morgan fingerprint density at radius 3 is 2.37 bits per heavy atom. The molecule has 0 aliphatic heterocycles. The van der Waals surface area contributed by atoms with Gasteiger partial charge in [0.1, 0.15) is 29.1 Å². The second kappa shape index (κ2) is 10.5. The number of hydrogen-bond acceptors (Lipinski definition) is 7. The maximum absolute atomic E-state index is 14.0. The molecule has 4 rings (SSSR count). The fourth-order valence-corrected chi connectivity index (χ4v) is 5.36. The summed E-state index contributed by atoms with van der Waals surface area (Å²) in [6.45, 7) is 0. The number of nitrogens with zero attached hydrogens (tertiary/aromatic N) is 2. The number of nitrogens with one attached hydrogen (secondary N) is 2. The fourth-order valence-electron chi connectivity index (χ4n) is 3.87. The van der Waals surface area contributed by atoms with Crippen molar-refractivity contribution in [2.45, 2.75) is 42.4 Å². The van der Waals surface area contributed by atoms with E-state index < -0.39 is 62.4 Å². The van der Waals surface area contributed by atoms with Crippen LogP contribution in [0.1, 0.15) is 30.1 Å². The van der Waals surface area contributed by atoms with Crippen molar-refractivity contribution in [1.29, 1.82) is 5.26 Å². The van der Waals surface area contributed by atoms with E-state index in [-0.39, 0.29) is 24.3 Å². The standard InChI is InChI=1S/C25H22F4N4O4S/c26-18-8-6-17(7-9-18)22(25(27,28)29)32-20(23(34)33-24(14-30)10-11-24)13-38(35,36)12-19-21(37-15-31-19)16-4-2-1-3-5-16/h1-9,15,20,22,32H,10-13H2,(H,33,34)/t20-,22-/m0/s1. The van der Waals surface area contributed by atoms with Gasteiger partial charge in [-0.05, 0) is 30.5 Å². The van der Waals surface area contributed by atoms with Crippen LogP contribution in [-0.2, 0) is 20.4 Å². The fraction of sp³-hybridized carbons (Fsp3) is 0.320. The van der Waals surface area contributed by atoms with Crippen LogP contribution in [0.4, 0.5) is 17.6 Å². The molecule has 1 heterocycles. The van der Waals surface area contributed by atoms with Gasteiger partial charge < -0.3 is 9.73 Å². The van der Waals surface area contributed by atoms with Gasteiger partial charge in [-0.25, -0.2) is 17.8 Å². The van der Waals surface area contributed by atoms with Crippen LogP contribution >= 0.6 is 0 Å². The second-order valence-corrected chi connectivity index (χ2v) is 11.1. The molecular weight excluding hydrogens is 528 g/mol. The molecule has 1 aliphatic rings. The lowest BCUT2D eigenvalue weighted by molar-refractivity contribution is -0.160. The summed E-state index contributed by atoms with van der Waals surface area (Å²) in [7, 11) is -4.26. The minimum absolute atomic E-state index is 0.0250. The van der Waals surface area contributed by atoms with Crippen LogP contribution in [0.25, 0.3) is 11.3 Å². The van der Waals surface area contributed by atoms with Gasteiger partial charge in [0.15, 0.2) is 22.0 Å². The molecule has 0 spiro atoms. The normalized spacial score (nSPS) is 16.3. The van der Waals surface area contributed by atoms with Crippen molar-refractivity contribution in [3.8, 4) is 17.4 Å². The highest BCUT2D eigenvalue weighted by Crippen LogP contribution is 2.36. The molecule has 1 saturated carbocycles. The minimum Gasteiger partial charge on any atom is -0.443 e. The van der Waals surface area contributed by atoms with E-state index in [1.165, 1.54) is 0 Å². The highest BCUT2D eigenvalue weighted by atomic mass is 32.2. The van der Waals surface area contributed by atoms with E-state index >= 15 is 0 Å². The van der Waals surface area contributed by atoms with Crippen LogP contribution in [0.15, 0.2) is 65.4 Å². The highest BCUT2D eigenvalue weighted by molar-refractivity contribution is 7.90. The van der Waals surface area contributed by atoms with Crippen LogP contribution in [0.3, 0.4) is 0 Å². The zero-order valence-electron chi connectivity index (χ0n) is 19.7. The predicted molar refractivity (Wildman–Crippen MR) is 127 cm³/mol. The van der Waals surface area contributed by atoms with Crippen LogP contribution in [0, 0.1) is 17.1 Å². The van der Waals surface area contributed by atoms with Gasteiger partial charge in [0, 0.05) is 5.56 Å². The number of sulfone groups is 1. The Balaban J connectivity index is 1.62. The molecule has 0 radical (unpaired) electrons. The number of carbonyl (C=O) groups is 1. The summed E-state index contributed by atoms with van der Waals surface area (Å²) < 4.78 is 87.0. The summed E-state index contributed by atoms with van der Waals surface area (Å²) in [4.78, 5) is 17.0. The monoisotopic (exact) mass is 550 g/mol. The van der Waals surface area contributed by atoms with Gasteiger partial charge in [-0.15, -0.1) is 0 Å². The van der Waals surface area contributed by atoms with E-state index in [0.717, 1.165) is 30.7 Å². The van der Waals surface area contributed by atoms with Crippen molar-refractivity contribution in [1.82, 2.24) is 15.6 Å². The zero-order valence-corrected chi connectivity index (χ0v) is 20.5. The second-order valence-electron chi connectivity index (χ2n) is 8.98. The first-order valence-electron chi connectivity index (χ1n) is 11.4. The molecule has 8 nitrogen and oxygen atoms in total. The van der Waals surface area contributed by atoms with Gasteiger partial charge in [0.2, 0.25) is 5.91 Å². The molecule has 0 saturated heterocycles. The predicted octanol–water partition coefficient (Wildman–Crippen LogP) is 3.83. The average molecular weight is 551 g/mol. The van der Waals surface area contributed by atoms with Crippen LogP contribution in [-0.4, -0.2) is 42.8 Å². The maximum atomic E-state index is 14.0. The average Bonchev–Trinajstić information content (AvgIpc) is 3.49. The molecule has 1 amide bonds. The Hall–Kier alpha value is -3.76. The number of alkyl halides is 3. The molecule has 1 fully saturated rings. The molecule has 1 aliphatic carbocycles. The number of oxazole rings is 1. The summed E-state index contributed by atoms with van der Waals surface area (Å²) >= 11 is 0. The van der Waals surface area contributed by atoms with Gasteiger partial charge in [-0.1, -0.05) is 42.5 Å². The number of benzene rings is 2. The van der Waals surface area contributed by atoms with Crippen molar-refractivity contribution in [2.75, 3.05) is 5.75 Å². The summed E-state index contributed by atoms with van der Waals surface area (Å²) in [5, 5.41) is 13.8. The van der Waals surface area contributed by atoms with Gasteiger partial charge in [-0.2, -0.15) is 18.4 Å². The number of carbonyl (C=O) groups excluding carboxylic acids is 1. The number of nitriles is 1. The summed E-state index contributed by atoms with van der Waals surface area (Å²) in [6.07, 6.45) is -3.34. The van der Waals surface area contributed by atoms with Crippen LogP contribution in [0.2, 0.25) is 0 Å². The summed E-state index contributed by atoms with van der Waals surface area (Å²) in [5.41, 5.74) is -1.10. The first kappa shape index (κ1) is 27.3. The van der Waals surface area contributed by atoms with Gasteiger partial charge >= 0.3 is 6.18 Å². The van der Waals surface area contributed by atoms with Crippen LogP contribution < -0.4 is 10.6 Å². The largest absolute Gasteiger partial charge is 0.443 e. The van der Waals surface area contributed by atoms with Gasteiger partial charge in [-0.3, -0.25) is 10.1 Å². The van der Waals surface area contributed by atoms with E-state index in [1.54, 1.807) is 30.3 Å². The van der Waals surface area contributed by atoms with E-state index in [4.69, 9.17) is 4.42 Å². The van der Waals surface area contributed by atoms with Crippen molar-refractivity contribution < 1.29 is 35.2 Å². The number of halogens is 4. The third-order valence-electron chi connectivity index (χ3n) is 6.00. The molecule has 2 atom stereocenters. The molecule has 2 aromatic carbocycles. The number of aromatic nitrogens is 1. The first-order chi connectivity index (χ1) is 17.9. The highest BCUT2D eigenvalue weighted by Gasteiger charge is 2.48. The Morgan fingerprint density at radius 2 is 1.79 bits per heavy atom. The van der Waals surface area contributed by atoms with Gasteiger partial charge in [0.25, 0.3) is 0 Å². The minimum atomic E-state index is -4.96. The summed E-state index contributed by atoms with van der Waals surface area (Å²) in [6, 6.07) is 9.44. The lowest BCUT2D eigenvalue weighted by atomic mass is 10.0. The van der Waals surface area contributed by atoms with Crippen molar-refractivity contribution >= 4 is 15.7 Å². The molecule has 0 unspecified atom stereocenters. The lowest BCUT2D eigenvalue weighted by Gasteiger charge is -2.28. The molecule has 13 heteroatoms. The smallest absolute Gasteiger partial charge is 0.407 e. The zero-order chi connectivity index (χ0) is 27.6. The topological polar surface area (TPSA) is 125 Å². The van der Waals surface area contributed by atoms with Crippen molar-refractivity contribution in [3.05, 3.63) is 78.1 Å². The molecular formula is C25H22F4N4O4S. The third-order valence-corrected chi connectivity index (χ3v) is 7.55. The molecule has 2 N–H and O–H groups in total. The maximum Gasteiger partial charge on any atom is 0.407 e. The molecule has 1 aromatic heterocycles. The van der Waals surface area contributed by atoms with Crippen molar-refractivity contribution in [2.24, 2.45) is 0 Å². The quantitative estimate of drug-likeness (QED) is 0.368. The van der Waals surface area contributed by atoms with E-state index in [0.29, 0.717) is 5.56 Å². The first-order valence-corrected chi connectivity index (χ1v) is 13.2. The van der Waals surface area contributed by atoms with Crippen molar-refractivity contribution in [3.63, 3.8) is 0 Å². The lowest BCUT2D eigenvalue weighted by Crippen LogP contribution is -2.54.